The molecule has 0 amide bonds. The Labute approximate surface area is 119 Å². The summed E-state index contributed by atoms with van der Waals surface area (Å²) >= 11 is 5.98. The van der Waals surface area contributed by atoms with Crippen LogP contribution in [-0.2, 0) is 0 Å². The maximum atomic E-state index is 13.6. The quantitative estimate of drug-likeness (QED) is 0.852. The van der Waals surface area contributed by atoms with Crippen LogP contribution in [0, 0.1) is 5.82 Å². The lowest BCUT2D eigenvalue weighted by Crippen LogP contribution is -2.45. The van der Waals surface area contributed by atoms with E-state index in [9.17, 15) is 4.39 Å². The van der Waals surface area contributed by atoms with Crippen LogP contribution in [0.15, 0.2) is 30.4 Å². The van der Waals surface area contributed by atoms with Crippen molar-refractivity contribution >= 4 is 11.6 Å². The highest BCUT2D eigenvalue weighted by atomic mass is 35.5. The Hall–Kier alpha value is -0.900. The van der Waals surface area contributed by atoms with Gasteiger partial charge in [0.25, 0.3) is 0 Å². The van der Waals surface area contributed by atoms with Crippen LogP contribution < -0.4 is 5.32 Å². The van der Waals surface area contributed by atoms with Gasteiger partial charge in [-0.1, -0.05) is 17.2 Å². The number of benzene rings is 1. The fourth-order valence-electron chi connectivity index (χ4n) is 2.55. The first-order chi connectivity index (χ1) is 9.06. The van der Waals surface area contributed by atoms with Gasteiger partial charge >= 0.3 is 0 Å². The van der Waals surface area contributed by atoms with Gasteiger partial charge in [0, 0.05) is 37.2 Å². The monoisotopic (exact) mass is 282 g/mol. The van der Waals surface area contributed by atoms with Crippen molar-refractivity contribution in [1.29, 1.82) is 0 Å². The van der Waals surface area contributed by atoms with Crippen molar-refractivity contribution in [3.05, 3.63) is 46.8 Å². The number of halogens is 2. The van der Waals surface area contributed by atoms with Crippen molar-refractivity contribution in [2.45, 2.75) is 19.4 Å². The molecule has 0 aromatic heterocycles. The zero-order chi connectivity index (χ0) is 13.8. The molecule has 0 saturated carbocycles. The summed E-state index contributed by atoms with van der Waals surface area (Å²) < 4.78 is 13.6. The predicted octanol–water partition coefficient (Wildman–Crippen LogP) is 3.39. The molecular formula is C15H20ClFN2. The topological polar surface area (TPSA) is 15.3 Å². The first kappa shape index (κ1) is 14.5. The summed E-state index contributed by atoms with van der Waals surface area (Å²) in [7, 11) is 0. The largest absolute Gasteiger partial charge is 0.314 e. The lowest BCUT2D eigenvalue weighted by Gasteiger charge is -2.35. The molecule has 1 fully saturated rings. The van der Waals surface area contributed by atoms with Crippen molar-refractivity contribution in [1.82, 2.24) is 10.2 Å². The molecule has 104 valence electrons. The van der Waals surface area contributed by atoms with Gasteiger partial charge in [0.05, 0.1) is 0 Å². The van der Waals surface area contributed by atoms with Crippen LogP contribution in [0.3, 0.4) is 0 Å². The van der Waals surface area contributed by atoms with Gasteiger partial charge < -0.3 is 5.32 Å². The average molecular weight is 283 g/mol. The van der Waals surface area contributed by atoms with Crippen LogP contribution in [0.25, 0.3) is 0 Å². The van der Waals surface area contributed by atoms with E-state index in [0.717, 1.165) is 43.7 Å². The summed E-state index contributed by atoms with van der Waals surface area (Å²) in [6, 6.07) is 4.95. The number of nitrogens with zero attached hydrogens (tertiary/aromatic N) is 1. The normalized spacial score (nSPS) is 18.3. The first-order valence-corrected chi connectivity index (χ1v) is 6.99. The van der Waals surface area contributed by atoms with Gasteiger partial charge in [0.1, 0.15) is 5.82 Å². The van der Waals surface area contributed by atoms with Crippen molar-refractivity contribution in [3.8, 4) is 0 Å². The van der Waals surface area contributed by atoms with Crippen molar-refractivity contribution in [2.24, 2.45) is 0 Å². The summed E-state index contributed by atoms with van der Waals surface area (Å²) in [5.41, 5.74) is 2.04. The zero-order valence-electron chi connectivity index (χ0n) is 11.3. The van der Waals surface area contributed by atoms with Gasteiger partial charge in [-0.05, 0) is 37.1 Å². The summed E-state index contributed by atoms with van der Waals surface area (Å²) in [6.07, 6.45) is 0.833. The van der Waals surface area contributed by atoms with Crippen LogP contribution in [0.4, 0.5) is 4.39 Å². The van der Waals surface area contributed by atoms with E-state index in [1.54, 1.807) is 6.07 Å². The molecular weight excluding hydrogens is 263 g/mol. The number of nitrogens with one attached hydrogen (secondary N) is 1. The van der Waals surface area contributed by atoms with E-state index in [4.69, 9.17) is 11.6 Å². The maximum absolute atomic E-state index is 13.6. The van der Waals surface area contributed by atoms with E-state index in [0.29, 0.717) is 5.02 Å². The Morgan fingerprint density at radius 2 is 2.11 bits per heavy atom. The highest BCUT2D eigenvalue weighted by molar-refractivity contribution is 6.30. The first-order valence-electron chi connectivity index (χ1n) is 6.61. The molecule has 1 aromatic carbocycles. The molecule has 2 rings (SSSR count). The third kappa shape index (κ3) is 4.03. The summed E-state index contributed by atoms with van der Waals surface area (Å²) in [4.78, 5) is 2.37. The Morgan fingerprint density at radius 1 is 1.42 bits per heavy atom. The number of hydrogen-bond acceptors (Lipinski definition) is 2. The molecule has 0 radical (unpaired) electrons. The molecule has 1 aliphatic heterocycles. The van der Waals surface area contributed by atoms with Gasteiger partial charge in [-0.3, -0.25) is 4.90 Å². The van der Waals surface area contributed by atoms with E-state index < -0.39 is 0 Å². The van der Waals surface area contributed by atoms with E-state index in [1.807, 2.05) is 13.0 Å². The van der Waals surface area contributed by atoms with E-state index in [-0.39, 0.29) is 11.9 Å². The molecule has 1 aromatic rings. The number of hydrogen-bond donors (Lipinski definition) is 1. The highest BCUT2D eigenvalue weighted by Gasteiger charge is 2.22. The standard InChI is InChI=1S/C15H20ClFN2/c1-11(2)7-15(19-5-3-18-4-6-19)12-8-13(16)10-14(17)9-12/h8-10,15,18H,1,3-7H2,2H3/t15-/m1/s1. The second-order valence-electron chi connectivity index (χ2n) is 5.17. The van der Waals surface area contributed by atoms with E-state index in [1.165, 1.54) is 6.07 Å². The molecule has 0 spiro atoms. The molecule has 0 unspecified atom stereocenters. The van der Waals surface area contributed by atoms with Gasteiger partial charge in [-0.15, -0.1) is 6.58 Å². The molecule has 0 bridgehead atoms. The Morgan fingerprint density at radius 3 is 2.68 bits per heavy atom. The van der Waals surface area contributed by atoms with Crippen LogP contribution in [-0.4, -0.2) is 31.1 Å². The second-order valence-corrected chi connectivity index (χ2v) is 5.60. The van der Waals surface area contributed by atoms with Crippen LogP contribution in [0.2, 0.25) is 5.02 Å². The SMILES string of the molecule is C=C(C)C[C@H](c1cc(F)cc(Cl)c1)N1CCNCC1. The fraction of sp³-hybridized carbons (Fsp3) is 0.467. The zero-order valence-corrected chi connectivity index (χ0v) is 12.0. The maximum Gasteiger partial charge on any atom is 0.125 e. The predicted molar refractivity (Wildman–Crippen MR) is 78.0 cm³/mol. The third-order valence-electron chi connectivity index (χ3n) is 3.40. The summed E-state index contributed by atoms with van der Waals surface area (Å²) in [5, 5.41) is 3.79. The molecule has 2 nitrogen and oxygen atoms in total. The Kier molecular flexibility index (Phi) is 4.97. The third-order valence-corrected chi connectivity index (χ3v) is 3.62. The Bertz CT molecular complexity index is 435. The van der Waals surface area contributed by atoms with Crippen LogP contribution in [0.5, 0.6) is 0 Å². The number of rotatable bonds is 4. The van der Waals surface area contributed by atoms with Crippen molar-refractivity contribution in [2.75, 3.05) is 26.2 Å². The van der Waals surface area contributed by atoms with Crippen molar-refractivity contribution < 1.29 is 4.39 Å². The van der Waals surface area contributed by atoms with Gasteiger partial charge in [0.15, 0.2) is 0 Å². The molecule has 1 atom stereocenters. The summed E-state index contributed by atoms with van der Waals surface area (Å²) in [5.74, 6) is -0.274. The lowest BCUT2D eigenvalue weighted by atomic mass is 9.98. The van der Waals surface area contributed by atoms with Gasteiger partial charge in [0.2, 0.25) is 0 Å². The lowest BCUT2D eigenvalue weighted by molar-refractivity contribution is 0.172. The second kappa shape index (κ2) is 6.51. The smallest absolute Gasteiger partial charge is 0.125 e. The highest BCUT2D eigenvalue weighted by Crippen LogP contribution is 2.29. The molecule has 4 heteroatoms. The molecule has 1 aliphatic rings. The number of piperazine rings is 1. The van der Waals surface area contributed by atoms with Gasteiger partial charge in [-0.2, -0.15) is 0 Å². The minimum Gasteiger partial charge on any atom is -0.314 e. The molecule has 0 aliphatic carbocycles. The van der Waals surface area contributed by atoms with E-state index >= 15 is 0 Å². The fourth-order valence-corrected chi connectivity index (χ4v) is 2.78. The van der Waals surface area contributed by atoms with Crippen LogP contribution >= 0.6 is 11.6 Å². The minimum absolute atomic E-state index is 0.160. The van der Waals surface area contributed by atoms with E-state index in [2.05, 4.69) is 16.8 Å². The minimum atomic E-state index is -0.274. The molecule has 1 saturated heterocycles. The summed E-state index contributed by atoms with van der Waals surface area (Å²) in [6.45, 7) is 9.87. The average Bonchev–Trinajstić information content (AvgIpc) is 2.35. The van der Waals surface area contributed by atoms with Crippen molar-refractivity contribution in [3.63, 3.8) is 0 Å². The molecule has 1 N–H and O–H groups in total. The van der Waals surface area contributed by atoms with Crippen LogP contribution in [0.1, 0.15) is 24.9 Å². The Balaban J connectivity index is 2.27. The molecule has 1 heterocycles. The molecule has 19 heavy (non-hydrogen) atoms. The van der Waals surface area contributed by atoms with Gasteiger partial charge in [-0.25, -0.2) is 4.39 Å².